The van der Waals surface area contributed by atoms with Crippen LogP contribution in [0.15, 0.2) is 12.1 Å². The van der Waals surface area contributed by atoms with Crippen LogP contribution < -0.4 is 5.32 Å². The van der Waals surface area contributed by atoms with Crippen molar-refractivity contribution in [1.29, 1.82) is 0 Å². The lowest BCUT2D eigenvalue weighted by Gasteiger charge is -2.12. The monoisotopic (exact) mass is 301 g/mol. The van der Waals surface area contributed by atoms with Crippen molar-refractivity contribution in [2.45, 2.75) is 6.18 Å². The van der Waals surface area contributed by atoms with Crippen LogP contribution in [-0.2, 0) is 4.79 Å². The van der Waals surface area contributed by atoms with Gasteiger partial charge in [-0.3, -0.25) is 4.79 Å². The van der Waals surface area contributed by atoms with E-state index in [1.54, 1.807) is 0 Å². The second-order valence-electron chi connectivity index (χ2n) is 3.04. The Labute approximate surface area is 108 Å². The molecule has 18 heavy (non-hydrogen) atoms. The molecule has 0 fully saturated rings. The Morgan fingerprint density at radius 1 is 1.17 bits per heavy atom. The molecule has 1 rings (SSSR count). The zero-order valence-corrected chi connectivity index (χ0v) is 9.82. The molecule has 0 heterocycles. The summed E-state index contributed by atoms with van der Waals surface area (Å²) in [5, 5.41) is 9.48. The van der Waals surface area contributed by atoms with Gasteiger partial charge >= 0.3 is 18.1 Å². The van der Waals surface area contributed by atoms with Crippen LogP contribution in [0.4, 0.5) is 18.9 Å². The number of amides is 1. The number of hydrogen-bond acceptors (Lipinski definition) is 2. The third kappa shape index (κ3) is 3.05. The van der Waals surface area contributed by atoms with Crippen molar-refractivity contribution in [1.82, 2.24) is 0 Å². The van der Waals surface area contributed by atoms with Gasteiger partial charge in [-0.15, -0.1) is 0 Å². The lowest BCUT2D eigenvalue weighted by Crippen LogP contribution is -2.30. The Morgan fingerprint density at radius 2 is 1.67 bits per heavy atom. The fourth-order valence-corrected chi connectivity index (χ4v) is 1.51. The second kappa shape index (κ2) is 5.03. The molecule has 0 aliphatic carbocycles. The van der Waals surface area contributed by atoms with E-state index in [-0.39, 0.29) is 10.0 Å². The highest BCUT2D eigenvalue weighted by Crippen LogP contribution is 2.33. The largest absolute Gasteiger partial charge is 0.478 e. The predicted octanol–water partition coefficient (Wildman–Crippen LogP) is 3.19. The third-order valence-electron chi connectivity index (χ3n) is 1.81. The van der Waals surface area contributed by atoms with Gasteiger partial charge in [-0.05, 0) is 12.1 Å². The van der Waals surface area contributed by atoms with Crippen molar-refractivity contribution >= 4 is 40.8 Å². The topological polar surface area (TPSA) is 66.4 Å². The van der Waals surface area contributed by atoms with Gasteiger partial charge in [0.25, 0.3) is 0 Å². The minimum atomic E-state index is -5.17. The van der Waals surface area contributed by atoms with Crippen LogP contribution in [0.1, 0.15) is 10.4 Å². The van der Waals surface area contributed by atoms with E-state index in [1.807, 2.05) is 0 Å². The van der Waals surface area contributed by atoms with Crippen molar-refractivity contribution in [2.24, 2.45) is 0 Å². The molecule has 98 valence electrons. The number of alkyl halides is 3. The maximum atomic E-state index is 12.1. The third-order valence-corrected chi connectivity index (χ3v) is 2.44. The summed E-state index contributed by atoms with van der Waals surface area (Å²) >= 11 is 11.1. The number of benzene rings is 1. The molecule has 0 saturated carbocycles. The fourth-order valence-electron chi connectivity index (χ4n) is 1.07. The Morgan fingerprint density at radius 3 is 2.11 bits per heavy atom. The Hall–Kier alpha value is -1.47. The summed E-state index contributed by atoms with van der Waals surface area (Å²) in [6.45, 7) is 0. The summed E-state index contributed by atoms with van der Waals surface area (Å²) in [5.74, 6) is -3.95. The number of carbonyl (C=O) groups excluding carboxylic acids is 1. The molecule has 0 aromatic heterocycles. The van der Waals surface area contributed by atoms with Crippen LogP contribution in [0.3, 0.4) is 0 Å². The van der Waals surface area contributed by atoms with Gasteiger partial charge in [0, 0.05) is 0 Å². The zero-order chi connectivity index (χ0) is 14.1. The van der Waals surface area contributed by atoms with Crippen LogP contribution in [0.25, 0.3) is 0 Å². The van der Waals surface area contributed by atoms with E-state index < -0.39 is 29.3 Å². The second-order valence-corrected chi connectivity index (χ2v) is 3.85. The van der Waals surface area contributed by atoms with Crippen LogP contribution in [-0.4, -0.2) is 23.2 Å². The number of rotatable bonds is 2. The number of halogens is 5. The van der Waals surface area contributed by atoms with E-state index in [0.717, 1.165) is 12.1 Å². The van der Waals surface area contributed by atoms with E-state index in [0.29, 0.717) is 0 Å². The van der Waals surface area contributed by atoms with Crippen LogP contribution in [0.2, 0.25) is 10.0 Å². The highest BCUT2D eigenvalue weighted by atomic mass is 35.5. The van der Waals surface area contributed by atoms with Gasteiger partial charge in [0.2, 0.25) is 0 Å². The first-order valence-corrected chi connectivity index (χ1v) is 4.99. The molecular formula is C9H4Cl2F3NO3. The minimum absolute atomic E-state index is 0.343. The summed E-state index contributed by atoms with van der Waals surface area (Å²) in [7, 11) is 0. The van der Waals surface area contributed by atoms with Crippen molar-refractivity contribution in [3.05, 3.63) is 27.7 Å². The molecule has 0 atom stereocenters. The smallest absolute Gasteiger partial charge is 0.471 e. The van der Waals surface area contributed by atoms with Crippen LogP contribution in [0, 0.1) is 0 Å². The van der Waals surface area contributed by atoms with Gasteiger partial charge in [-0.25, -0.2) is 4.79 Å². The molecule has 1 aromatic rings. The average molecular weight is 302 g/mol. The molecular weight excluding hydrogens is 298 g/mol. The molecule has 0 unspecified atom stereocenters. The first-order chi connectivity index (χ1) is 8.14. The highest BCUT2D eigenvalue weighted by Gasteiger charge is 2.39. The average Bonchev–Trinajstić information content (AvgIpc) is 2.21. The Balaban J connectivity index is 3.28. The summed E-state index contributed by atoms with van der Waals surface area (Å²) in [6, 6.07) is 2.17. The number of aromatic carboxylic acids is 1. The SMILES string of the molecule is O=C(O)c1c(Cl)ccc(Cl)c1NC(=O)C(F)(F)F. The molecule has 0 spiro atoms. The number of nitrogens with one attached hydrogen (secondary N) is 1. The van der Waals surface area contributed by atoms with Gasteiger partial charge in [0.15, 0.2) is 0 Å². The molecule has 0 aliphatic rings. The van der Waals surface area contributed by atoms with Gasteiger partial charge in [-0.2, -0.15) is 13.2 Å². The number of carboxylic acid groups (broad SMARTS) is 1. The van der Waals surface area contributed by atoms with E-state index in [2.05, 4.69) is 0 Å². The summed E-state index contributed by atoms with van der Waals surface area (Å²) in [4.78, 5) is 21.6. The van der Waals surface area contributed by atoms with Crippen molar-refractivity contribution < 1.29 is 27.9 Å². The van der Waals surface area contributed by atoms with Gasteiger partial charge < -0.3 is 10.4 Å². The van der Waals surface area contributed by atoms with E-state index in [9.17, 15) is 22.8 Å². The van der Waals surface area contributed by atoms with Crippen LogP contribution in [0.5, 0.6) is 0 Å². The molecule has 0 aliphatic heterocycles. The van der Waals surface area contributed by atoms with Gasteiger partial charge in [0.1, 0.15) is 5.56 Å². The molecule has 2 N–H and O–H groups in total. The molecule has 9 heteroatoms. The summed E-state index contributed by atoms with van der Waals surface area (Å²) in [6.07, 6.45) is -5.17. The van der Waals surface area contributed by atoms with Gasteiger partial charge in [0.05, 0.1) is 15.7 Å². The van der Waals surface area contributed by atoms with Crippen molar-refractivity contribution in [3.8, 4) is 0 Å². The standard InChI is InChI=1S/C9H4Cl2F3NO3/c10-3-1-2-4(11)6(5(3)7(16)17)15-8(18)9(12,13)14/h1-2H,(H,15,18)(H,16,17). The summed E-state index contributed by atoms with van der Waals surface area (Å²) < 4.78 is 36.2. The maximum Gasteiger partial charge on any atom is 0.471 e. The lowest BCUT2D eigenvalue weighted by atomic mass is 10.1. The number of carbonyl (C=O) groups is 2. The molecule has 1 amide bonds. The molecule has 0 bridgehead atoms. The number of hydrogen-bond donors (Lipinski definition) is 2. The fraction of sp³-hybridized carbons (Fsp3) is 0.111. The quantitative estimate of drug-likeness (QED) is 0.881. The van der Waals surface area contributed by atoms with Gasteiger partial charge in [-0.1, -0.05) is 23.2 Å². The highest BCUT2D eigenvalue weighted by molar-refractivity contribution is 6.38. The Bertz CT molecular complexity index is 517. The summed E-state index contributed by atoms with van der Waals surface area (Å²) in [5.41, 5.74) is -1.40. The zero-order valence-electron chi connectivity index (χ0n) is 8.31. The minimum Gasteiger partial charge on any atom is -0.478 e. The first-order valence-electron chi connectivity index (χ1n) is 4.24. The Kier molecular flexibility index (Phi) is 4.08. The van der Waals surface area contributed by atoms with Crippen LogP contribution >= 0.6 is 23.2 Å². The maximum absolute atomic E-state index is 12.1. The molecule has 4 nitrogen and oxygen atoms in total. The first kappa shape index (κ1) is 14.6. The van der Waals surface area contributed by atoms with Crippen molar-refractivity contribution in [2.75, 3.05) is 5.32 Å². The number of anilines is 1. The van der Waals surface area contributed by atoms with E-state index in [4.69, 9.17) is 28.3 Å². The van der Waals surface area contributed by atoms with E-state index in [1.165, 1.54) is 5.32 Å². The molecule has 0 saturated heterocycles. The normalized spacial score (nSPS) is 11.2. The number of carboxylic acids is 1. The predicted molar refractivity (Wildman–Crippen MR) is 58.1 cm³/mol. The van der Waals surface area contributed by atoms with Crippen molar-refractivity contribution in [3.63, 3.8) is 0 Å². The lowest BCUT2D eigenvalue weighted by molar-refractivity contribution is -0.167. The molecule has 1 aromatic carbocycles. The van der Waals surface area contributed by atoms with E-state index >= 15 is 0 Å². The molecule has 0 radical (unpaired) electrons.